The van der Waals surface area contributed by atoms with E-state index < -0.39 is 12.1 Å². The van der Waals surface area contributed by atoms with E-state index in [1.165, 1.54) is 6.92 Å². The van der Waals surface area contributed by atoms with E-state index in [0.717, 1.165) is 6.20 Å². The molecule has 5 heteroatoms. The van der Waals surface area contributed by atoms with Gasteiger partial charge in [-0.05, 0) is 13.8 Å². The first kappa shape index (κ1) is 10.5. The van der Waals surface area contributed by atoms with Crippen molar-refractivity contribution in [3.8, 4) is 0 Å². The van der Waals surface area contributed by atoms with Crippen molar-refractivity contribution in [2.45, 2.75) is 13.8 Å². The zero-order valence-electron chi connectivity index (χ0n) is 6.96. The van der Waals surface area contributed by atoms with Gasteiger partial charge in [0.1, 0.15) is 0 Å². The maximum atomic E-state index is 10.6. The summed E-state index contributed by atoms with van der Waals surface area (Å²) >= 11 is 0. The molecule has 0 aliphatic rings. The lowest BCUT2D eigenvalue weighted by Crippen LogP contribution is -2.19. The Labute approximate surface area is 70.0 Å². The summed E-state index contributed by atoms with van der Waals surface area (Å²) in [6, 6.07) is 0. The largest absolute Gasteiger partial charge is 0.478 e. The number of rotatable bonds is 3. The Kier molecular flexibility index (Phi) is 4.52. The summed E-state index contributed by atoms with van der Waals surface area (Å²) < 4.78 is 4.48. The number of hydrogen-bond acceptors (Lipinski definition) is 3. The minimum Gasteiger partial charge on any atom is -0.478 e. The Morgan fingerprint density at radius 2 is 2.17 bits per heavy atom. The van der Waals surface area contributed by atoms with Gasteiger partial charge in [0.05, 0.1) is 12.2 Å². The predicted octanol–water partition coefficient (Wildman–Crippen LogP) is 0.721. The lowest BCUT2D eigenvalue weighted by atomic mass is 10.3. The molecule has 68 valence electrons. The van der Waals surface area contributed by atoms with Crippen LogP contribution in [0.3, 0.4) is 0 Å². The molecule has 0 rings (SSSR count). The Morgan fingerprint density at radius 1 is 1.58 bits per heavy atom. The molecule has 0 heterocycles. The summed E-state index contributed by atoms with van der Waals surface area (Å²) in [5, 5.41) is 10.5. The minimum absolute atomic E-state index is 0.0445. The molecule has 0 atom stereocenters. The lowest BCUT2D eigenvalue weighted by molar-refractivity contribution is -0.132. The third kappa shape index (κ3) is 4.32. The quantitative estimate of drug-likeness (QED) is 0.616. The molecule has 0 aromatic carbocycles. The fraction of sp³-hybridized carbons (Fsp3) is 0.429. The van der Waals surface area contributed by atoms with Crippen LogP contribution in [-0.2, 0) is 9.53 Å². The molecule has 2 N–H and O–H groups in total. The molecule has 0 aromatic heterocycles. The number of alkyl carbamates (subject to hydrolysis) is 1. The summed E-state index contributed by atoms with van der Waals surface area (Å²) in [5.74, 6) is -1.08. The molecule has 0 unspecified atom stereocenters. The second kappa shape index (κ2) is 5.17. The molecule has 0 radical (unpaired) electrons. The Hall–Kier alpha value is -1.52. The first-order valence-corrected chi connectivity index (χ1v) is 3.41. The third-order valence-corrected chi connectivity index (χ3v) is 1.02. The van der Waals surface area contributed by atoms with Gasteiger partial charge in [-0.2, -0.15) is 0 Å². The van der Waals surface area contributed by atoms with Crippen molar-refractivity contribution >= 4 is 12.1 Å². The molecule has 12 heavy (non-hydrogen) atoms. The van der Waals surface area contributed by atoms with Gasteiger partial charge in [-0.15, -0.1) is 0 Å². The molecular formula is C7H11NO4. The topological polar surface area (TPSA) is 75.6 Å². The zero-order chi connectivity index (χ0) is 9.56. The van der Waals surface area contributed by atoms with Crippen LogP contribution in [0.2, 0.25) is 0 Å². The SMILES string of the molecule is CCOC(=O)N/C=C(\C)C(=O)O. The van der Waals surface area contributed by atoms with Gasteiger partial charge < -0.3 is 9.84 Å². The molecule has 0 aromatic rings. The number of hydrogen-bond donors (Lipinski definition) is 2. The number of carbonyl (C=O) groups excluding carboxylic acids is 1. The van der Waals surface area contributed by atoms with E-state index in [-0.39, 0.29) is 12.2 Å². The Morgan fingerprint density at radius 3 is 2.58 bits per heavy atom. The minimum atomic E-state index is -1.08. The van der Waals surface area contributed by atoms with E-state index in [1.807, 2.05) is 0 Å². The van der Waals surface area contributed by atoms with Crippen LogP contribution in [0.4, 0.5) is 4.79 Å². The maximum Gasteiger partial charge on any atom is 0.411 e. The number of nitrogens with one attached hydrogen (secondary N) is 1. The highest BCUT2D eigenvalue weighted by atomic mass is 16.5. The average molecular weight is 173 g/mol. The number of amides is 1. The van der Waals surface area contributed by atoms with E-state index in [4.69, 9.17) is 5.11 Å². The summed E-state index contributed by atoms with van der Waals surface area (Å²) in [4.78, 5) is 20.8. The summed E-state index contributed by atoms with van der Waals surface area (Å²) in [6.45, 7) is 3.29. The number of aliphatic carboxylic acids is 1. The zero-order valence-corrected chi connectivity index (χ0v) is 6.96. The summed E-state index contributed by atoms with van der Waals surface area (Å²) in [6.07, 6.45) is 0.429. The fourth-order valence-electron chi connectivity index (χ4n) is 0.402. The van der Waals surface area contributed by atoms with Crippen LogP contribution in [0.5, 0.6) is 0 Å². The molecule has 0 saturated carbocycles. The van der Waals surface area contributed by atoms with E-state index >= 15 is 0 Å². The van der Waals surface area contributed by atoms with E-state index in [2.05, 4.69) is 10.1 Å². The molecule has 1 amide bonds. The van der Waals surface area contributed by atoms with Gasteiger partial charge in [0.25, 0.3) is 0 Å². The second-order valence-electron chi connectivity index (χ2n) is 2.00. The standard InChI is InChI=1S/C7H11NO4/c1-3-12-7(11)8-4-5(2)6(9)10/h4H,3H2,1-2H3,(H,8,11)(H,9,10)/b5-4+. The first-order valence-electron chi connectivity index (χ1n) is 3.41. The summed E-state index contributed by atoms with van der Waals surface area (Å²) in [5.41, 5.74) is 0.0445. The molecule has 0 bridgehead atoms. The second-order valence-corrected chi connectivity index (χ2v) is 2.00. The predicted molar refractivity (Wildman–Crippen MR) is 41.6 cm³/mol. The number of ether oxygens (including phenoxy) is 1. The van der Waals surface area contributed by atoms with Gasteiger partial charge >= 0.3 is 12.1 Å². The maximum absolute atomic E-state index is 10.6. The van der Waals surface area contributed by atoms with Crippen molar-refractivity contribution in [1.29, 1.82) is 0 Å². The fourth-order valence-corrected chi connectivity index (χ4v) is 0.402. The average Bonchev–Trinajstić information content (AvgIpc) is 2.00. The van der Waals surface area contributed by atoms with Crippen molar-refractivity contribution < 1.29 is 19.4 Å². The Bertz CT molecular complexity index is 209. The van der Waals surface area contributed by atoms with Gasteiger partial charge in [0.2, 0.25) is 0 Å². The van der Waals surface area contributed by atoms with Crippen molar-refractivity contribution in [3.05, 3.63) is 11.8 Å². The van der Waals surface area contributed by atoms with Crippen LogP contribution >= 0.6 is 0 Å². The van der Waals surface area contributed by atoms with Crippen molar-refractivity contribution in [1.82, 2.24) is 5.32 Å². The number of carboxylic acids is 1. The van der Waals surface area contributed by atoms with Crippen LogP contribution < -0.4 is 5.32 Å². The molecule has 5 nitrogen and oxygen atoms in total. The van der Waals surface area contributed by atoms with E-state index in [1.54, 1.807) is 6.92 Å². The smallest absolute Gasteiger partial charge is 0.411 e. The normalized spacial score (nSPS) is 10.7. The highest BCUT2D eigenvalue weighted by molar-refractivity contribution is 5.86. The molecule has 0 aliphatic carbocycles. The molecule has 0 spiro atoms. The monoisotopic (exact) mass is 173 g/mol. The van der Waals surface area contributed by atoms with Crippen LogP contribution in [0, 0.1) is 0 Å². The Balaban J connectivity index is 3.87. The van der Waals surface area contributed by atoms with Gasteiger partial charge in [-0.25, -0.2) is 9.59 Å². The van der Waals surface area contributed by atoms with Gasteiger partial charge in [-0.3, -0.25) is 5.32 Å². The van der Waals surface area contributed by atoms with Gasteiger partial charge in [0, 0.05) is 6.20 Å². The number of carbonyl (C=O) groups is 2. The van der Waals surface area contributed by atoms with Crippen LogP contribution in [0.1, 0.15) is 13.8 Å². The molecule has 0 fully saturated rings. The highest BCUT2D eigenvalue weighted by Gasteiger charge is 2.01. The highest BCUT2D eigenvalue weighted by Crippen LogP contribution is 1.88. The van der Waals surface area contributed by atoms with Crippen LogP contribution in [-0.4, -0.2) is 23.8 Å². The van der Waals surface area contributed by atoms with E-state index in [9.17, 15) is 9.59 Å². The molecule has 0 aliphatic heterocycles. The van der Waals surface area contributed by atoms with Gasteiger partial charge in [-0.1, -0.05) is 0 Å². The summed E-state index contributed by atoms with van der Waals surface area (Å²) in [7, 11) is 0. The van der Waals surface area contributed by atoms with E-state index in [0.29, 0.717) is 0 Å². The lowest BCUT2D eigenvalue weighted by Gasteiger charge is -1.99. The van der Waals surface area contributed by atoms with Gasteiger partial charge in [0.15, 0.2) is 0 Å². The molecular weight excluding hydrogens is 162 g/mol. The van der Waals surface area contributed by atoms with Crippen molar-refractivity contribution in [2.24, 2.45) is 0 Å². The first-order chi connectivity index (χ1) is 5.57. The number of carboxylic acid groups (broad SMARTS) is 1. The third-order valence-electron chi connectivity index (χ3n) is 1.02. The van der Waals surface area contributed by atoms with Crippen molar-refractivity contribution in [3.63, 3.8) is 0 Å². The van der Waals surface area contributed by atoms with Crippen LogP contribution in [0.15, 0.2) is 11.8 Å². The van der Waals surface area contributed by atoms with Crippen molar-refractivity contribution in [2.75, 3.05) is 6.61 Å². The molecule has 0 saturated heterocycles. The van der Waals surface area contributed by atoms with Crippen LogP contribution in [0.25, 0.3) is 0 Å².